The third kappa shape index (κ3) is 14.9. The standard InChI is InChI=1S/C9H20O5.C7H8O3S/c1-9(11)8-14-7-6-13-5-4-12-3-2-10;1-6-2-4-7(5-3-6)11(8,9)10/h9-11H,2-8H2,1H3;2-5H,1H3,(H,8,9,10). The molecule has 1 aromatic rings. The maximum Gasteiger partial charge on any atom is 0.294 e. The summed E-state index contributed by atoms with van der Waals surface area (Å²) in [6.45, 7) is 6.19. The average Bonchev–Trinajstić information content (AvgIpc) is 2.53. The molecule has 25 heavy (non-hydrogen) atoms. The second-order valence-electron chi connectivity index (χ2n) is 5.16. The zero-order valence-electron chi connectivity index (χ0n) is 14.6. The van der Waals surface area contributed by atoms with Crippen molar-refractivity contribution >= 4 is 10.1 Å². The van der Waals surface area contributed by atoms with Crippen molar-refractivity contribution in [1.82, 2.24) is 0 Å². The van der Waals surface area contributed by atoms with Gasteiger partial charge in [-0.15, -0.1) is 0 Å². The highest BCUT2D eigenvalue weighted by molar-refractivity contribution is 7.85. The number of hydrogen-bond donors (Lipinski definition) is 3. The molecule has 0 amide bonds. The highest BCUT2D eigenvalue weighted by Gasteiger charge is 2.06. The molecule has 0 saturated heterocycles. The molecule has 1 aromatic carbocycles. The predicted octanol–water partition coefficient (Wildman–Crippen LogP) is 0.651. The van der Waals surface area contributed by atoms with Gasteiger partial charge in [0, 0.05) is 0 Å². The molecule has 0 spiro atoms. The Hall–Kier alpha value is -1.07. The molecule has 1 unspecified atom stereocenters. The molecule has 9 heteroatoms. The van der Waals surface area contributed by atoms with Gasteiger partial charge in [-0.05, 0) is 26.0 Å². The van der Waals surface area contributed by atoms with Gasteiger partial charge in [-0.2, -0.15) is 8.42 Å². The van der Waals surface area contributed by atoms with Crippen molar-refractivity contribution in [3.63, 3.8) is 0 Å². The van der Waals surface area contributed by atoms with Gasteiger partial charge in [0.1, 0.15) is 0 Å². The Balaban J connectivity index is 0.000000472. The summed E-state index contributed by atoms with van der Waals surface area (Å²) >= 11 is 0. The summed E-state index contributed by atoms with van der Waals surface area (Å²) in [7, 11) is -4.02. The molecule has 3 N–H and O–H groups in total. The van der Waals surface area contributed by atoms with E-state index in [4.69, 9.17) is 29.0 Å². The van der Waals surface area contributed by atoms with E-state index < -0.39 is 16.2 Å². The van der Waals surface area contributed by atoms with E-state index >= 15 is 0 Å². The summed E-state index contributed by atoms with van der Waals surface area (Å²) in [6.07, 6.45) is -0.428. The van der Waals surface area contributed by atoms with E-state index in [0.717, 1.165) is 5.56 Å². The van der Waals surface area contributed by atoms with Crippen LogP contribution in [0, 0.1) is 6.92 Å². The minimum atomic E-state index is -4.02. The first-order chi connectivity index (χ1) is 11.8. The molecule has 1 atom stereocenters. The number of rotatable bonds is 11. The molecule has 146 valence electrons. The van der Waals surface area contributed by atoms with Crippen LogP contribution in [0.4, 0.5) is 0 Å². The molecule has 8 nitrogen and oxygen atoms in total. The van der Waals surface area contributed by atoms with Gasteiger partial charge in [0.15, 0.2) is 0 Å². The Morgan fingerprint density at radius 2 is 1.44 bits per heavy atom. The number of ether oxygens (including phenoxy) is 3. The van der Waals surface area contributed by atoms with Crippen LogP contribution >= 0.6 is 0 Å². The summed E-state index contributed by atoms with van der Waals surface area (Å²) in [5.74, 6) is 0. The minimum Gasteiger partial charge on any atom is -0.394 e. The SMILES string of the molecule is CC(O)COCCOCCOCCO.Cc1ccc(S(=O)(=O)O)cc1. The molecule has 0 aliphatic rings. The van der Waals surface area contributed by atoms with Crippen LogP contribution in [0.25, 0.3) is 0 Å². The van der Waals surface area contributed by atoms with Crippen LogP contribution in [-0.4, -0.2) is 75.5 Å². The Morgan fingerprint density at radius 1 is 0.960 bits per heavy atom. The lowest BCUT2D eigenvalue weighted by molar-refractivity contribution is -0.00922. The van der Waals surface area contributed by atoms with E-state index in [1.807, 2.05) is 6.92 Å². The van der Waals surface area contributed by atoms with E-state index in [1.165, 1.54) is 12.1 Å². The van der Waals surface area contributed by atoms with Crippen LogP contribution in [0.5, 0.6) is 0 Å². The van der Waals surface area contributed by atoms with Crippen LogP contribution in [0.3, 0.4) is 0 Å². The van der Waals surface area contributed by atoms with Crippen LogP contribution in [-0.2, 0) is 24.3 Å². The van der Waals surface area contributed by atoms with Gasteiger partial charge in [-0.1, -0.05) is 17.7 Å². The van der Waals surface area contributed by atoms with Gasteiger partial charge in [-0.25, -0.2) is 0 Å². The van der Waals surface area contributed by atoms with Crippen LogP contribution < -0.4 is 0 Å². The Labute approximate surface area is 149 Å². The molecule has 0 bridgehead atoms. The fraction of sp³-hybridized carbons (Fsp3) is 0.625. The maximum atomic E-state index is 10.5. The predicted molar refractivity (Wildman–Crippen MR) is 92.2 cm³/mol. The number of benzene rings is 1. The van der Waals surface area contributed by atoms with Crippen molar-refractivity contribution < 1.29 is 37.4 Å². The third-order valence-electron chi connectivity index (χ3n) is 2.66. The van der Waals surface area contributed by atoms with Gasteiger partial charge in [0.25, 0.3) is 10.1 Å². The first kappa shape index (κ1) is 23.9. The van der Waals surface area contributed by atoms with Gasteiger partial charge in [0.05, 0.1) is 57.2 Å². The van der Waals surface area contributed by atoms with Crippen molar-refractivity contribution in [2.75, 3.05) is 46.2 Å². The quantitative estimate of drug-likeness (QED) is 0.378. The first-order valence-corrected chi connectivity index (χ1v) is 9.27. The van der Waals surface area contributed by atoms with Crippen LogP contribution in [0.15, 0.2) is 29.2 Å². The maximum absolute atomic E-state index is 10.5. The monoisotopic (exact) mass is 380 g/mol. The second-order valence-corrected chi connectivity index (χ2v) is 6.58. The van der Waals surface area contributed by atoms with Crippen LogP contribution in [0.2, 0.25) is 0 Å². The van der Waals surface area contributed by atoms with E-state index in [1.54, 1.807) is 19.1 Å². The lowest BCUT2D eigenvalue weighted by Crippen LogP contribution is -2.15. The lowest BCUT2D eigenvalue weighted by Gasteiger charge is -2.07. The molecule has 0 aliphatic carbocycles. The molecular formula is C16H28O8S. The van der Waals surface area contributed by atoms with Crippen LogP contribution in [0.1, 0.15) is 12.5 Å². The minimum absolute atomic E-state index is 0.0392. The normalized spacial score (nSPS) is 12.4. The van der Waals surface area contributed by atoms with Crippen molar-refractivity contribution in [3.05, 3.63) is 29.8 Å². The van der Waals surface area contributed by atoms with Gasteiger partial charge in [-0.3, -0.25) is 4.55 Å². The number of aryl methyl sites for hydroxylation is 1. The summed E-state index contributed by atoms with van der Waals surface area (Å²) in [5, 5.41) is 17.2. The van der Waals surface area contributed by atoms with Crippen molar-refractivity contribution in [1.29, 1.82) is 0 Å². The molecule has 0 aliphatic heterocycles. The molecule has 0 aromatic heterocycles. The molecule has 0 radical (unpaired) electrons. The van der Waals surface area contributed by atoms with Crippen molar-refractivity contribution in [3.8, 4) is 0 Å². The van der Waals surface area contributed by atoms with Gasteiger partial charge in [0.2, 0.25) is 0 Å². The van der Waals surface area contributed by atoms with E-state index in [0.29, 0.717) is 39.6 Å². The zero-order valence-corrected chi connectivity index (χ0v) is 15.4. The highest BCUT2D eigenvalue weighted by Crippen LogP contribution is 2.08. The average molecular weight is 380 g/mol. The van der Waals surface area contributed by atoms with E-state index in [2.05, 4.69) is 0 Å². The lowest BCUT2D eigenvalue weighted by atomic mass is 10.2. The summed E-state index contributed by atoms with van der Waals surface area (Å²) in [4.78, 5) is -0.0666. The summed E-state index contributed by atoms with van der Waals surface area (Å²) in [6, 6.07) is 5.99. The van der Waals surface area contributed by atoms with E-state index in [-0.39, 0.29) is 11.5 Å². The molecule has 0 fully saturated rings. The second kappa shape index (κ2) is 14.1. The number of hydrogen-bond acceptors (Lipinski definition) is 7. The largest absolute Gasteiger partial charge is 0.394 e. The topological polar surface area (TPSA) is 123 Å². The summed E-state index contributed by atoms with van der Waals surface area (Å²) < 4.78 is 44.7. The van der Waals surface area contributed by atoms with Gasteiger partial charge >= 0.3 is 0 Å². The fourth-order valence-electron chi connectivity index (χ4n) is 1.47. The Morgan fingerprint density at radius 3 is 1.88 bits per heavy atom. The van der Waals surface area contributed by atoms with E-state index in [9.17, 15) is 8.42 Å². The third-order valence-corrected chi connectivity index (χ3v) is 3.53. The fourth-order valence-corrected chi connectivity index (χ4v) is 1.95. The zero-order chi connectivity index (χ0) is 19.1. The molecule has 1 rings (SSSR count). The number of aliphatic hydroxyl groups excluding tert-OH is 2. The van der Waals surface area contributed by atoms with Crippen molar-refractivity contribution in [2.24, 2.45) is 0 Å². The smallest absolute Gasteiger partial charge is 0.294 e. The molecular weight excluding hydrogens is 352 g/mol. The summed E-state index contributed by atoms with van der Waals surface area (Å²) in [5.41, 5.74) is 0.956. The van der Waals surface area contributed by atoms with Crippen molar-refractivity contribution in [2.45, 2.75) is 24.8 Å². The number of aliphatic hydroxyl groups is 2. The molecule has 0 heterocycles. The highest BCUT2D eigenvalue weighted by atomic mass is 32.2. The molecule has 0 saturated carbocycles. The first-order valence-electron chi connectivity index (χ1n) is 7.83. The van der Waals surface area contributed by atoms with Gasteiger partial charge < -0.3 is 24.4 Å². The Bertz CT molecular complexity index is 528. The Kier molecular flexibility index (Phi) is 13.5.